The lowest BCUT2D eigenvalue weighted by Crippen LogP contribution is -2.29. The molecular formula is C24H30O5S. The molecular weight excluding hydrogens is 400 g/mol. The van der Waals surface area contributed by atoms with E-state index >= 15 is 0 Å². The Hall–Kier alpha value is -2.02. The Balaban J connectivity index is 1.35. The second-order valence-electron chi connectivity index (χ2n) is 7.35. The van der Waals surface area contributed by atoms with Crippen LogP contribution in [0.25, 0.3) is 0 Å². The van der Waals surface area contributed by atoms with Crippen molar-refractivity contribution in [1.82, 2.24) is 0 Å². The number of ether oxygens (including phenoxy) is 4. The van der Waals surface area contributed by atoms with Gasteiger partial charge in [-0.2, -0.15) is 0 Å². The zero-order valence-electron chi connectivity index (χ0n) is 17.7. The van der Waals surface area contributed by atoms with Crippen LogP contribution in [-0.2, 0) is 20.9 Å². The monoisotopic (exact) mass is 430 g/mol. The van der Waals surface area contributed by atoms with Crippen LogP contribution in [0.15, 0.2) is 53.4 Å². The Morgan fingerprint density at radius 3 is 2.27 bits per heavy atom. The first kappa shape index (κ1) is 22.7. The van der Waals surface area contributed by atoms with Crippen LogP contribution in [-0.4, -0.2) is 38.1 Å². The van der Waals surface area contributed by atoms with Crippen LogP contribution in [0.1, 0.15) is 37.7 Å². The number of thioether (sulfide) groups is 1. The summed E-state index contributed by atoms with van der Waals surface area (Å²) >= 11 is 1.27. The number of rotatable bonds is 10. The summed E-state index contributed by atoms with van der Waals surface area (Å²) in [4.78, 5) is 13.4. The van der Waals surface area contributed by atoms with Crippen LogP contribution >= 0.6 is 11.8 Å². The Morgan fingerprint density at radius 1 is 0.967 bits per heavy atom. The predicted octanol–water partition coefficient (Wildman–Crippen LogP) is 5.26. The Bertz CT molecular complexity index is 775. The van der Waals surface area contributed by atoms with Gasteiger partial charge in [0.05, 0.1) is 33.0 Å². The molecule has 2 atom stereocenters. The standard InChI is InChI=1S/C24H30O5S/c1-26-19-8-6-18(7-9-19)17-28-15-14-21-4-3-5-22(29-21)16-24(25)30-23-12-10-20(27-2)11-13-23/h6-13,21-22H,3-5,14-17H2,1-2H3/t21-,22+/m0/s1. The highest BCUT2D eigenvalue weighted by Crippen LogP contribution is 2.28. The average molecular weight is 431 g/mol. The van der Waals surface area contributed by atoms with E-state index in [9.17, 15) is 4.79 Å². The predicted molar refractivity (Wildman–Crippen MR) is 118 cm³/mol. The molecule has 0 N–H and O–H groups in total. The zero-order chi connectivity index (χ0) is 21.2. The van der Waals surface area contributed by atoms with Gasteiger partial charge in [-0.05, 0) is 67.6 Å². The second kappa shape index (κ2) is 12.0. The fourth-order valence-corrected chi connectivity index (χ4v) is 4.28. The zero-order valence-corrected chi connectivity index (χ0v) is 18.5. The van der Waals surface area contributed by atoms with Crippen molar-refractivity contribution in [3.05, 3.63) is 54.1 Å². The van der Waals surface area contributed by atoms with Crippen LogP contribution in [0.5, 0.6) is 11.5 Å². The second-order valence-corrected chi connectivity index (χ2v) is 8.48. The molecule has 2 aromatic rings. The summed E-state index contributed by atoms with van der Waals surface area (Å²) in [5, 5.41) is 0.140. The molecule has 0 bridgehead atoms. The SMILES string of the molecule is COc1ccc(COCC[C@@H]2CCC[C@H](CC(=O)Sc3ccc(OC)cc3)O2)cc1. The van der Waals surface area contributed by atoms with Crippen molar-refractivity contribution in [1.29, 1.82) is 0 Å². The number of hydrogen-bond acceptors (Lipinski definition) is 6. The van der Waals surface area contributed by atoms with Crippen LogP contribution in [0.4, 0.5) is 0 Å². The Morgan fingerprint density at radius 2 is 1.60 bits per heavy atom. The van der Waals surface area contributed by atoms with Gasteiger partial charge < -0.3 is 18.9 Å². The summed E-state index contributed by atoms with van der Waals surface area (Å²) in [5.74, 6) is 1.64. The van der Waals surface area contributed by atoms with Gasteiger partial charge in [0, 0.05) is 17.9 Å². The van der Waals surface area contributed by atoms with E-state index in [4.69, 9.17) is 18.9 Å². The quantitative estimate of drug-likeness (QED) is 0.379. The third-order valence-electron chi connectivity index (χ3n) is 5.13. The van der Waals surface area contributed by atoms with E-state index in [1.54, 1.807) is 14.2 Å². The van der Waals surface area contributed by atoms with Crippen molar-refractivity contribution < 1.29 is 23.7 Å². The van der Waals surface area contributed by atoms with E-state index in [2.05, 4.69) is 0 Å². The molecule has 1 heterocycles. The molecule has 30 heavy (non-hydrogen) atoms. The molecule has 1 aliphatic rings. The number of hydrogen-bond donors (Lipinski definition) is 0. The van der Waals surface area contributed by atoms with Gasteiger partial charge in [0.2, 0.25) is 0 Å². The van der Waals surface area contributed by atoms with E-state index in [1.165, 1.54) is 11.8 Å². The first-order chi connectivity index (χ1) is 14.7. The molecule has 0 saturated carbocycles. The van der Waals surface area contributed by atoms with Gasteiger partial charge in [-0.1, -0.05) is 23.9 Å². The Labute approximate surface area is 183 Å². The smallest absolute Gasteiger partial charge is 0.196 e. The third-order valence-corrected chi connectivity index (χ3v) is 6.04. The molecule has 3 rings (SSSR count). The molecule has 1 saturated heterocycles. The number of benzene rings is 2. The number of methoxy groups -OCH3 is 2. The molecule has 0 radical (unpaired) electrons. The van der Waals surface area contributed by atoms with Gasteiger partial charge in [-0.25, -0.2) is 0 Å². The van der Waals surface area contributed by atoms with Crippen LogP contribution < -0.4 is 9.47 Å². The molecule has 1 aliphatic heterocycles. The van der Waals surface area contributed by atoms with Crippen molar-refractivity contribution >= 4 is 16.9 Å². The summed E-state index contributed by atoms with van der Waals surface area (Å²) in [6.07, 6.45) is 4.53. The maximum atomic E-state index is 12.4. The van der Waals surface area contributed by atoms with Crippen molar-refractivity contribution in [2.75, 3.05) is 20.8 Å². The summed E-state index contributed by atoms with van der Waals surface area (Å²) in [7, 11) is 3.29. The fraction of sp³-hybridized carbons (Fsp3) is 0.458. The lowest BCUT2D eigenvalue weighted by atomic mass is 10.0. The largest absolute Gasteiger partial charge is 0.497 e. The van der Waals surface area contributed by atoms with Crippen LogP contribution in [0.2, 0.25) is 0 Å². The summed E-state index contributed by atoms with van der Waals surface area (Å²) < 4.78 is 22.3. The third kappa shape index (κ3) is 7.35. The molecule has 162 valence electrons. The topological polar surface area (TPSA) is 54.0 Å². The molecule has 5 nitrogen and oxygen atoms in total. The summed E-state index contributed by atoms with van der Waals surface area (Å²) in [6, 6.07) is 15.5. The lowest BCUT2D eigenvalue weighted by Gasteiger charge is -2.29. The highest BCUT2D eigenvalue weighted by Gasteiger charge is 2.24. The highest BCUT2D eigenvalue weighted by molar-refractivity contribution is 8.13. The van der Waals surface area contributed by atoms with Gasteiger partial charge in [0.25, 0.3) is 0 Å². The molecule has 6 heteroatoms. The molecule has 0 amide bonds. The summed E-state index contributed by atoms with van der Waals surface area (Å²) in [6.45, 7) is 1.23. The first-order valence-corrected chi connectivity index (χ1v) is 11.2. The molecule has 1 fully saturated rings. The van der Waals surface area contributed by atoms with Crippen molar-refractivity contribution in [3.63, 3.8) is 0 Å². The van der Waals surface area contributed by atoms with E-state index < -0.39 is 0 Å². The van der Waals surface area contributed by atoms with E-state index in [0.29, 0.717) is 19.6 Å². The molecule has 0 aromatic heterocycles. The van der Waals surface area contributed by atoms with Gasteiger partial charge in [0.15, 0.2) is 5.12 Å². The number of carbonyl (C=O) groups excluding carboxylic acids is 1. The van der Waals surface area contributed by atoms with E-state index in [1.807, 2.05) is 48.5 Å². The van der Waals surface area contributed by atoms with Crippen molar-refractivity contribution in [2.24, 2.45) is 0 Å². The maximum Gasteiger partial charge on any atom is 0.196 e. The fourth-order valence-electron chi connectivity index (χ4n) is 3.47. The van der Waals surface area contributed by atoms with Crippen LogP contribution in [0.3, 0.4) is 0 Å². The van der Waals surface area contributed by atoms with Crippen molar-refractivity contribution in [3.8, 4) is 11.5 Å². The molecule has 0 spiro atoms. The minimum Gasteiger partial charge on any atom is -0.497 e. The first-order valence-electron chi connectivity index (χ1n) is 10.4. The summed E-state index contributed by atoms with van der Waals surface area (Å²) in [5.41, 5.74) is 1.12. The minimum atomic E-state index is 0.00332. The minimum absolute atomic E-state index is 0.00332. The highest BCUT2D eigenvalue weighted by atomic mass is 32.2. The van der Waals surface area contributed by atoms with Gasteiger partial charge in [-0.3, -0.25) is 4.79 Å². The van der Waals surface area contributed by atoms with Gasteiger partial charge >= 0.3 is 0 Å². The maximum absolute atomic E-state index is 12.4. The lowest BCUT2D eigenvalue weighted by molar-refractivity contribution is -0.118. The van der Waals surface area contributed by atoms with E-state index in [-0.39, 0.29) is 17.3 Å². The normalized spacial score (nSPS) is 18.7. The van der Waals surface area contributed by atoms with E-state index in [0.717, 1.165) is 47.6 Å². The van der Waals surface area contributed by atoms with Crippen LogP contribution in [0, 0.1) is 0 Å². The van der Waals surface area contributed by atoms with Gasteiger partial charge in [0.1, 0.15) is 11.5 Å². The molecule has 0 aliphatic carbocycles. The molecule has 0 unspecified atom stereocenters. The Kier molecular flexibility index (Phi) is 9.05. The van der Waals surface area contributed by atoms with Gasteiger partial charge in [-0.15, -0.1) is 0 Å². The van der Waals surface area contributed by atoms with Crippen molar-refractivity contribution in [2.45, 2.75) is 55.8 Å². The average Bonchev–Trinajstić information content (AvgIpc) is 2.78. The number of carbonyl (C=O) groups is 1. The molecule has 2 aromatic carbocycles.